The Balaban J connectivity index is 2.75. The molecule has 1 heterocycles. The molecule has 2 N–H and O–H groups in total. The largest absolute Gasteiger partial charge is 0.365 e. The third kappa shape index (κ3) is 1.47. The van der Waals surface area contributed by atoms with E-state index in [0.717, 1.165) is 14.6 Å². The third-order valence-electron chi connectivity index (χ3n) is 1.74. The van der Waals surface area contributed by atoms with Gasteiger partial charge in [0, 0.05) is 9.17 Å². The van der Waals surface area contributed by atoms with Crippen molar-refractivity contribution in [1.29, 1.82) is 0 Å². The molecule has 0 spiro atoms. The molecular weight excluding hydrogens is 250 g/mol. The summed E-state index contributed by atoms with van der Waals surface area (Å²) in [5.74, 6) is -0.367. The van der Waals surface area contributed by atoms with Gasteiger partial charge in [-0.15, -0.1) is 11.3 Å². The summed E-state index contributed by atoms with van der Waals surface area (Å²) in [6, 6.07) is 7.66. The van der Waals surface area contributed by atoms with Gasteiger partial charge in [-0.25, -0.2) is 0 Å². The van der Waals surface area contributed by atoms with Crippen LogP contribution >= 0.6 is 27.3 Å². The van der Waals surface area contributed by atoms with Gasteiger partial charge in [0.15, 0.2) is 0 Å². The first-order valence-electron chi connectivity index (χ1n) is 3.66. The Morgan fingerprint density at radius 1 is 1.46 bits per heavy atom. The maximum Gasteiger partial charge on any atom is 0.258 e. The quantitative estimate of drug-likeness (QED) is 0.837. The van der Waals surface area contributed by atoms with Crippen LogP contribution in [0.15, 0.2) is 28.7 Å². The summed E-state index contributed by atoms with van der Waals surface area (Å²) in [6.45, 7) is 0. The number of nitrogens with two attached hydrogens (primary N) is 1. The first kappa shape index (κ1) is 8.72. The predicted molar refractivity (Wildman–Crippen MR) is 58.0 cm³/mol. The van der Waals surface area contributed by atoms with E-state index in [1.165, 1.54) is 11.3 Å². The van der Waals surface area contributed by atoms with Gasteiger partial charge in [0.25, 0.3) is 5.91 Å². The van der Waals surface area contributed by atoms with Crippen LogP contribution in [0.4, 0.5) is 0 Å². The van der Waals surface area contributed by atoms with Gasteiger partial charge in [-0.2, -0.15) is 0 Å². The molecule has 0 aliphatic carbocycles. The molecule has 1 aromatic carbocycles. The van der Waals surface area contributed by atoms with Crippen LogP contribution in [0.5, 0.6) is 0 Å². The Morgan fingerprint density at radius 2 is 2.23 bits per heavy atom. The molecule has 0 radical (unpaired) electrons. The third-order valence-corrected chi connectivity index (χ3v) is 3.86. The van der Waals surface area contributed by atoms with Crippen LogP contribution in [0, 0.1) is 0 Å². The lowest BCUT2D eigenvalue weighted by molar-refractivity contribution is 0.100. The minimum Gasteiger partial charge on any atom is -0.365 e. The van der Waals surface area contributed by atoms with Crippen LogP contribution in [-0.4, -0.2) is 5.91 Å². The van der Waals surface area contributed by atoms with Gasteiger partial charge < -0.3 is 5.73 Å². The molecule has 1 amide bonds. The summed E-state index contributed by atoms with van der Waals surface area (Å²) in [4.78, 5) is 11.5. The number of carbonyl (C=O) groups is 1. The zero-order valence-electron chi connectivity index (χ0n) is 6.58. The van der Waals surface area contributed by atoms with Gasteiger partial charge in [0.2, 0.25) is 0 Å². The van der Waals surface area contributed by atoms with E-state index in [-0.39, 0.29) is 5.91 Å². The van der Waals surface area contributed by atoms with E-state index in [4.69, 9.17) is 5.73 Å². The fourth-order valence-electron chi connectivity index (χ4n) is 1.15. The Morgan fingerprint density at radius 3 is 2.85 bits per heavy atom. The van der Waals surface area contributed by atoms with Crippen molar-refractivity contribution in [2.24, 2.45) is 5.73 Å². The average Bonchev–Trinajstić information content (AvgIpc) is 2.49. The smallest absolute Gasteiger partial charge is 0.258 e. The fraction of sp³-hybridized carbons (Fsp3) is 0. The highest BCUT2D eigenvalue weighted by Crippen LogP contribution is 2.31. The lowest BCUT2D eigenvalue weighted by Crippen LogP contribution is -2.07. The molecule has 2 rings (SSSR count). The van der Waals surface area contributed by atoms with E-state index in [2.05, 4.69) is 15.9 Å². The van der Waals surface area contributed by atoms with Crippen molar-refractivity contribution < 1.29 is 4.79 Å². The van der Waals surface area contributed by atoms with Crippen molar-refractivity contribution >= 4 is 43.3 Å². The monoisotopic (exact) mass is 255 g/mol. The van der Waals surface area contributed by atoms with Crippen LogP contribution in [-0.2, 0) is 0 Å². The molecule has 2 aromatic rings. The number of amides is 1. The number of halogens is 1. The van der Waals surface area contributed by atoms with E-state index in [1.807, 2.05) is 24.3 Å². The first-order valence-corrected chi connectivity index (χ1v) is 5.27. The molecular formula is C9H6BrNOS. The van der Waals surface area contributed by atoms with Crippen LogP contribution < -0.4 is 5.73 Å². The number of primary amides is 1. The number of carbonyl (C=O) groups excluding carboxylic acids is 1. The lowest BCUT2D eigenvalue weighted by Gasteiger charge is -1.89. The van der Waals surface area contributed by atoms with E-state index >= 15 is 0 Å². The zero-order chi connectivity index (χ0) is 9.42. The second-order valence-corrected chi connectivity index (χ2v) is 4.54. The van der Waals surface area contributed by atoms with Crippen LogP contribution in [0.25, 0.3) is 10.1 Å². The van der Waals surface area contributed by atoms with Gasteiger partial charge in [0.05, 0.1) is 4.88 Å². The molecule has 4 heteroatoms. The molecule has 0 saturated heterocycles. The van der Waals surface area contributed by atoms with Crippen LogP contribution in [0.1, 0.15) is 9.67 Å². The molecule has 2 nitrogen and oxygen atoms in total. The predicted octanol–water partition coefficient (Wildman–Crippen LogP) is 2.76. The number of hydrogen-bond donors (Lipinski definition) is 1. The maximum atomic E-state index is 10.9. The highest BCUT2D eigenvalue weighted by Gasteiger charge is 2.07. The Hall–Kier alpha value is -0.870. The van der Waals surface area contributed by atoms with Crippen molar-refractivity contribution in [3.63, 3.8) is 0 Å². The number of benzene rings is 1. The highest BCUT2D eigenvalue weighted by atomic mass is 79.9. The van der Waals surface area contributed by atoms with Crippen molar-refractivity contribution in [2.45, 2.75) is 0 Å². The fourth-order valence-corrected chi connectivity index (χ4v) is 2.69. The molecule has 0 atom stereocenters. The van der Waals surface area contributed by atoms with Crippen LogP contribution in [0.3, 0.4) is 0 Å². The SMILES string of the molecule is NC(=O)c1cc2cccc(Br)c2s1. The molecule has 66 valence electrons. The minimum absolute atomic E-state index is 0.367. The Labute approximate surface area is 87.5 Å². The summed E-state index contributed by atoms with van der Waals surface area (Å²) < 4.78 is 2.07. The van der Waals surface area contributed by atoms with Crippen molar-refractivity contribution in [2.75, 3.05) is 0 Å². The molecule has 0 saturated carbocycles. The molecule has 0 bridgehead atoms. The normalized spacial score (nSPS) is 10.5. The van der Waals surface area contributed by atoms with Crippen molar-refractivity contribution in [1.82, 2.24) is 0 Å². The second-order valence-electron chi connectivity index (χ2n) is 2.63. The number of fused-ring (bicyclic) bond motifs is 1. The van der Waals surface area contributed by atoms with Crippen LogP contribution in [0.2, 0.25) is 0 Å². The van der Waals surface area contributed by atoms with E-state index in [0.29, 0.717) is 4.88 Å². The minimum atomic E-state index is -0.367. The second kappa shape index (κ2) is 3.12. The number of hydrogen-bond acceptors (Lipinski definition) is 2. The molecule has 1 aromatic heterocycles. The topological polar surface area (TPSA) is 43.1 Å². The molecule has 0 unspecified atom stereocenters. The summed E-state index contributed by atoms with van der Waals surface area (Å²) >= 11 is 4.83. The standard InChI is InChI=1S/C9H6BrNOS/c10-6-3-1-2-5-4-7(9(11)12)13-8(5)6/h1-4H,(H2,11,12). The lowest BCUT2D eigenvalue weighted by atomic mass is 10.2. The summed E-state index contributed by atoms with van der Waals surface area (Å²) in [5.41, 5.74) is 5.18. The molecule has 0 aliphatic rings. The first-order chi connectivity index (χ1) is 6.18. The van der Waals surface area contributed by atoms with Gasteiger partial charge in [-0.3, -0.25) is 4.79 Å². The summed E-state index contributed by atoms with van der Waals surface area (Å²) in [5, 5.41) is 1.05. The Bertz CT molecular complexity index is 477. The van der Waals surface area contributed by atoms with Gasteiger partial charge in [-0.1, -0.05) is 12.1 Å². The van der Waals surface area contributed by atoms with E-state index < -0.39 is 0 Å². The van der Waals surface area contributed by atoms with Gasteiger partial charge >= 0.3 is 0 Å². The van der Waals surface area contributed by atoms with Crippen molar-refractivity contribution in [3.05, 3.63) is 33.6 Å². The summed E-state index contributed by atoms with van der Waals surface area (Å²) in [7, 11) is 0. The summed E-state index contributed by atoms with van der Waals surface area (Å²) in [6.07, 6.45) is 0. The molecule has 0 fully saturated rings. The van der Waals surface area contributed by atoms with Crippen molar-refractivity contribution in [3.8, 4) is 0 Å². The molecule has 0 aliphatic heterocycles. The van der Waals surface area contributed by atoms with E-state index in [1.54, 1.807) is 0 Å². The number of rotatable bonds is 1. The average molecular weight is 256 g/mol. The molecule has 13 heavy (non-hydrogen) atoms. The van der Waals surface area contributed by atoms with Gasteiger partial charge in [0.1, 0.15) is 0 Å². The highest BCUT2D eigenvalue weighted by molar-refractivity contribution is 9.10. The Kier molecular flexibility index (Phi) is 2.09. The van der Waals surface area contributed by atoms with E-state index in [9.17, 15) is 4.79 Å². The zero-order valence-corrected chi connectivity index (χ0v) is 8.98. The van der Waals surface area contributed by atoms with Gasteiger partial charge in [-0.05, 0) is 33.4 Å². The number of thiophene rings is 1. The maximum absolute atomic E-state index is 10.9.